The van der Waals surface area contributed by atoms with Gasteiger partial charge in [0.15, 0.2) is 0 Å². The van der Waals surface area contributed by atoms with Gasteiger partial charge in [-0.2, -0.15) is 0 Å². The van der Waals surface area contributed by atoms with E-state index in [1.54, 1.807) is 6.07 Å². The van der Waals surface area contributed by atoms with Crippen molar-refractivity contribution >= 4 is 35.1 Å². The van der Waals surface area contributed by atoms with Crippen molar-refractivity contribution in [1.29, 1.82) is 0 Å². The van der Waals surface area contributed by atoms with Crippen LogP contribution in [0.25, 0.3) is 0 Å². The van der Waals surface area contributed by atoms with Gasteiger partial charge in [0, 0.05) is 31.9 Å². The zero-order valence-corrected chi connectivity index (χ0v) is 13.9. The number of aromatic nitrogens is 1. The molecule has 2 amide bonds. The molecule has 2 fully saturated rings. The quantitative estimate of drug-likeness (QED) is 0.916. The van der Waals surface area contributed by atoms with Gasteiger partial charge in [-0.3, -0.25) is 5.32 Å². The molecule has 22 heavy (non-hydrogen) atoms. The standard InChI is InChI=1S/C15H20Cl2N4O/c16-12-7-14(18-8-13(12)17)19-15(22)21-6-3-11(10-21)9-20-4-1-2-5-20/h7-8,11H,1-6,9-10H2,(H,18,19,22). The summed E-state index contributed by atoms with van der Waals surface area (Å²) in [7, 11) is 0. The Labute approximate surface area is 140 Å². The summed E-state index contributed by atoms with van der Waals surface area (Å²) in [6.45, 7) is 5.12. The van der Waals surface area contributed by atoms with Gasteiger partial charge in [-0.05, 0) is 38.3 Å². The van der Waals surface area contributed by atoms with Gasteiger partial charge in [0.1, 0.15) is 5.82 Å². The smallest absolute Gasteiger partial charge is 0.323 e. The first kappa shape index (κ1) is 15.8. The van der Waals surface area contributed by atoms with E-state index in [9.17, 15) is 4.79 Å². The number of halogens is 2. The third-order valence-electron chi connectivity index (χ3n) is 4.33. The van der Waals surface area contributed by atoms with E-state index in [-0.39, 0.29) is 6.03 Å². The minimum atomic E-state index is -0.116. The Morgan fingerprint density at radius 1 is 1.27 bits per heavy atom. The molecule has 2 aliphatic rings. The van der Waals surface area contributed by atoms with Gasteiger partial charge in [0.25, 0.3) is 0 Å². The predicted molar refractivity (Wildman–Crippen MR) is 88.6 cm³/mol. The second kappa shape index (κ2) is 7.02. The zero-order chi connectivity index (χ0) is 15.5. The van der Waals surface area contributed by atoms with Gasteiger partial charge in [-0.25, -0.2) is 9.78 Å². The summed E-state index contributed by atoms with van der Waals surface area (Å²) in [6, 6.07) is 1.45. The molecule has 0 spiro atoms. The largest absolute Gasteiger partial charge is 0.324 e. The Hall–Kier alpha value is -1.04. The molecule has 1 aromatic rings. The van der Waals surface area contributed by atoms with Gasteiger partial charge in [0.05, 0.1) is 10.0 Å². The zero-order valence-electron chi connectivity index (χ0n) is 12.4. The van der Waals surface area contributed by atoms with E-state index in [4.69, 9.17) is 23.2 Å². The lowest BCUT2D eigenvalue weighted by Gasteiger charge is -2.20. The minimum Gasteiger partial charge on any atom is -0.324 e. The molecule has 1 atom stereocenters. The van der Waals surface area contributed by atoms with Crippen molar-refractivity contribution in [3.8, 4) is 0 Å². The van der Waals surface area contributed by atoms with E-state index in [0.717, 1.165) is 26.1 Å². The third kappa shape index (κ3) is 3.83. The van der Waals surface area contributed by atoms with Crippen LogP contribution in [0.2, 0.25) is 10.0 Å². The van der Waals surface area contributed by atoms with Crippen molar-refractivity contribution in [2.45, 2.75) is 19.3 Å². The van der Waals surface area contributed by atoms with E-state index in [0.29, 0.717) is 21.8 Å². The van der Waals surface area contributed by atoms with Crippen LogP contribution in [0.1, 0.15) is 19.3 Å². The molecule has 2 saturated heterocycles. The number of likely N-dealkylation sites (tertiary alicyclic amines) is 2. The van der Waals surface area contributed by atoms with E-state index in [2.05, 4.69) is 15.2 Å². The fourth-order valence-electron chi connectivity index (χ4n) is 3.17. The average molecular weight is 343 g/mol. The molecule has 120 valence electrons. The third-order valence-corrected chi connectivity index (χ3v) is 5.04. The Morgan fingerprint density at radius 3 is 2.77 bits per heavy atom. The summed E-state index contributed by atoms with van der Waals surface area (Å²) in [6.07, 6.45) is 5.12. The van der Waals surface area contributed by atoms with Crippen LogP contribution in [0.5, 0.6) is 0 Å². The number of anilines is 1. The number of carbonyl (C=O) groups is 1. The molecule has 1 unspecified atom stereocenters. The lowest BCUT2D eigenvalue weighted by atomic mass is 10.1. The monoisotopic (exact) mass is 342 g/mol. The molecule has 1 aromatic heterocycles. The van der Waals surface area contributed by atoms with Crippen LogP contribution in [-0.4, -0.2) is 53.5 Å². The highest BCUT2D eigenvalue weighted by Crippen LogP contribution is 2.24. The summed E-state index contributed by atoms with van der Waals surface area (Å²) in [5.41, 5.74) is 0. The van der Waals surface area contributed by atoms with Gasteiger partial charge in [-0.1, -0.05) is 23.2 Å². The number of pyridine rings is 1. The van der Waals surface area contributed by atoms with Crippen LogP contribution in [0.15, 0.2) is 12.3 Å². The average Bonchev–Trinajstić information content (AvgIpc) is 3.15. The SMILES string of the molecule is O=C(Nc1cc(Cl)c(Cl)cn1)N1CCC(CN2CCCC2)C1. The molecular weight excluding hydrogens is 323 g/mol. The number of carbonyl (C=O) groups excluding carboxylic acids is 1. The molecule has 0 aliphatic carbocycles. The normalized spacial score (nSPS) is 22.3. The predicted octanol–water partition coefficient (Wildman–Crippen LogP) is 3.34. The molecular formula is C15H20Cl2N4O. The first-order chi connectivity index (χ1) is 10.6. The summed E-state index contributed by atoms with van der Waals surface area (Å²) in [5, 5.41) is 3.56. The van der Waals surface area contributed by atoms with Crippen molar-refractivity contribution in [1.82, 2.24) is 14.8 Å². The first-order valence-corrected chi connectivity index (χ1v) is 8.47. The van der Waals surface area contributed by atoms with Crippen LogP contribution >= 0.6 is 23.2 Å². The summed E-state index contributed by atoms with van der Waals surface area (Å²) < 4.78 is 0. The number of rotatable bonds is 3. The molecule has 2 aliphatic heterocycles. The first-order valence-electron chi connectivity index (χ1n) is 7.71. The Bertz CT molecular complexity index is 548. The van der Waals surface area contributed by atoms with Crippen LogP contribution in [0.3, 0.4) is 0 Å². The van der Waals surface area contributed by atoms with E-state index < -0.39 is 0 Å². The van der Waals surface area contributed by atoms with Crippen LogP contribution < -0.4 is 5.32 Å². The molecule has 3 heterocycles. The molecule has 0 saturated carbocycles. The topological polar surface area (TPSA) is 48.5 Å². The number of hydrogen-bond acceptors (Lipinski definition) is 3. The van der Waals surface area contributed by atoms with Gasteiger partial charge >= 0.3 is 6.03 Å². The highest BCUT2D eigenvalue weighted by molar-refractivity contribution is 6.42. The lowest BCUT2D eigenvalue weighted by molar-refractivity contribution is 0.217. The Morgan fingerprint density at radius 2 is 2.05 bits per heavy atom. The van der Waals surface area contributed by atoms with E-state index in [1.165, 1.54) is 32.1 Å². The van der Waals surface area contributed by atoms with Gasteiger partial charge in [-0.15, -0.1) is 0 Å². The van der Waals surface area contributed by atoms with Crippen molar-refractivity contribution in [2.24, 2.45) is 5.92 Å². The number of amides is 2. The van der Waals surface area contributed by atoms with Crippen molar-refractivity contribution in [3.63, 3.8) is 0 Å². The molecule has 0 bridgehead atoms. The van der Waals surface area contributed by atoms with Crippen LogP contribution in [0, 0.1) is 5.92 Å². The second-order valence-electron chi connectivity index (χ2n) is 6.02. The molecule has 0 radical (unpaired) electrons. The number of nitrogens with one attached hydrogen (secondary N) is 1. The van der Waals surface area contributed by atoms with E-state index in [1.807, 2.05) is 4.90 Å². The summed E-state index contributed by atoms with van der Waals surface area (Å²) in [4.78, 5) is 20.7. The molecule has 5 nitrogen and oxygen atoms in total. The number of hydrogen-bond donors (Lipinski definition) is 1. The molecule has 1 N–H and O–H groups in total. The highest BCUT2D eigenvalue weighted by atomic mass is 35.5. The number of nitrogens with zero attached hydrogens (tertiary/aromatic N) is 3. The maximum Gasteiger partial charge on any atom is 0.323 e. The van der Waals surface area contributed by atoms with Crippen molar-refractivity contribution < 1.29 is 4.79 Å². The van der Waals surface area contributed by atoms with Gasteiger partial charge in [0.2, 0.25) is 0 Å². The molecule has 0 aromatic carbocycles. The summed E-state index contributed by atoms with van der Waals surface area (Å²) >= 11 is 11.8. The van der Waals surface area contributed by atoms with Gasteiger partial charge < -0.3 is 9.80 Å². The molecule has 7 heteroatoms. The lowest BCUT2D eigenvalue weighted by Crippen LogP contribution is -2.35. The second-order valence-corrected chi connectivity index (χ2v) is 6.84. The Kier molecular flexibility index (Phi) is 5.06. The Balaban J connectivity index is 1.51. The van der Waals surface area contributed by atoms with Crippen LogP contribution in [0.4, 0.5) is 10.6 Å². The fraction of sp³-hybridized carbons (Fsp3) is 0.600. The highest BCUT2D eigenvalue weighted by Gasteiger charge is 2.28. The van der Waals surface area contributed by atoms with E-state index >= 15 is 0 Å². The van der Waals surface area contributed by atoms with Crippen molar-refractivity contribution in [3.05, 3.63) is 22.3 Å². The summed E-state index contributed by atoms with van der Waals surface area (Å²) in [5.74, 6) is 1.01. The maximum absolute atomic E-state index is 12.3. The fourth-order valence-corrected chi connectivity index (χ4v) is 3.42. The van der Waals surface area contributed by atoms with Crippen LogP contribution in [-0.2, 0) is 0 Å². The van der Waals surface area contributed by atoms with Crippen molar-refractivity contribution in [2.75, 3.05) is 38.0 Å². The maximum atomic E-state index is 12.3. The minimum absolute atomic E-state index is 0.116. The number of urea groups is 1. The molecule has 3 rings (SSSR count).